The van der Waals surface area contributed by atoms with E-state index in [0.29, 0.717) is 18.2 Å². The number of para-hydroxylation sites is 1. The second-order valence-corrected chi connectivity index (χ2v) is 10.6. The summed E-state index contributed by atoms with van der Waals surface area (Å²) in [5.41, 5.74) is 3.76. The number of nitrogens with one attached hydrogen (secondary N) is 1. The van der Waals surface area contributed by atoms with E-state index in [1.165, 1.54) is 16.8 Å². The van der Waals surface area contributed by atoms with Gasteiger partial charge >= 0.3 is 0 Å². The molecular weight excluding hydrogens is 454 g/mol. The van der Waals surface area contributed by atoms with Crippen molar-refractivity contribution in [3.8, 4) is 5.75 Å². The van der Waals surface area contributed by atoms with Crippen LogP contribution in [0.5, 0.6) is 5.75 Å². The van der Waals surface area contributed by atoms with E-state index >= 15 is 0 Å². The number of piperazine rings is 1. The van der Waals surface area contributed by atoms with Crippen LogP contribution in [0.4, 0.5) is 5.69 Å². The number of benzene rings is 3. The number of thioether (sulfide) groups is 1. The number of aromatic hydroxyl groups is 1. The molecule has 1 fully saturated rings. The van der Waals surface area contributed by atoms with Crippen LogP contribution in [0.3, 0.4) is 0 Å². The lowest BCUT2D eigenvalue weighted by Gasteiger charge is -2.37. The van der Waals surface area contributed by atoms with Crippen molar-refractivity contribution in [1.29, 1.82) is 0 Å². The van der Waals surface area contributed by atoms with Crippen LogP contribution in [0, 0.1) is 0 Å². The summed E-state index contributed by atoms with van der Waals surface area (Å²) in [4.78, 5) is 18.6. The van der Waals surface area contributed by atoms with Crippen LogP contribution in [-0.2, 0) is 17.9 Å². The molecule has 184 valence electrons. The van der Waals surface area contributed by atoms with E-state index < -0.39 is 0 Å². The number of carbonyl (C=O) groups excluding carboxylic acids is 1. The molecule has 0 aromatic heterocycles. The molecular formula is C29H35N3O2S. The zero-order chi connectivity index (χ0) is 24.5. The molecule has 1 aliphatic rings. The molecule has 1 amide bonds. The van der Waals surface area contributed by atoms with Gasteiger partial charge in [0.2, 0.25) is 5.91 Å². The SMILES string of the molecule is CC(CCC(=O)NCc1ccccc1N1CCN(Cc2ccccc2)CC1)Sc1ccc(O)cc1. The third kappa shape index (κ3) is 7.77. The van der Waals surface area contributed by atoms with Gasteiger partial charge in [0.25, 0.3) is 0 Å². The minimum Gasteiger partial charge on any atom is -0.508 e. The fourth-order valence-electron chi connectivity index (χ4n) is 4.39. The predicted molar refractivity (Wildman–Crippen MR) is 145 cm³/mol. The molecule has 1 heterocycles. The summed E-state index contributed by atoms with van der Waals surface area (Å²) in [5.74, 6) is 0.362. The molecule has 2 N–H and O–H groups in total. The van der Waals surface area contributed by atoms with Gasteiger partial charge in [0.05, 0.1) is 0 Å². The van der Waals surface area contributed by atoms with E-state index in [-0.39, 0.29) is 11.7 Å². The highest BCUT2D eigenvalue weighted by Crippen LogP contribution is 2.27. The summed E-state index contributed by atoms with van der Waals surface area (Å²) in [5, 5.41) is 12.9. The van der Waals surface area contributed by atoms with E-state index in [0.717, 1.165) is 44.0 Å². The highest BCUT2D eigenvalue weighted by atomic mass is 32.2. The maximum Gasteiger partial charge on any atom is 0.220 e. The maximum absolute atomic E-state index is 12.5. The first-order valence-electron chi connectivity index (χ1n) is 12.4. The van der Waals surface area contributed by atoms with Crippen molar-refractivity contribution >= 4 is 23.4 Å². The molecule has 3 aromatic carbocycles. The Balaban J connectivity index is 1.22. The Hall–Kier alpha value is -2.96. The summed E-state index contributed by atoms with van der Waals surface area (Å²) >= 11 is 1.73. The third-order valence-electron chi connectivity index (χ3n) is 6.38. The third-order valence-corrected chi connectivity index (χ3v) is 7.56. The highest BCUT2D eigenvalue weighted by Gasteiger charge is 2.19. The summed E-state index contributed by atoms with van der Waals surface area (Å²) in [6.45, 7) is 7.73. The number of carbonyl (C=O) groups is 1. The molecule has 1 atom stereocenters. The van der Waals surface area contributed by atoms with Gasteiger partial charge in [-0.3, -0.25) is 9.69 Å². The van der Waals surface area contributed by atoms with Gasteiger partial charge in [0.15, 0.2) is 0 Å². The molecule has 0 spiro atoms. The van der Waals surface area contributed by atoms with Crippen molar-refractivity contribution in [3.05, 3.63) is 90.0 Å². The molecule has 1 aliphatic heterocycles. The van der Waals surface area contributed by atoms with Crippen LogP contribution in [-0.4, -0.2) is 47.3 Å². The fraction of sp³-hybridized carbons (Fsp3) is 0.345. The zero-order valence-electron chi connectivity index (χ0n) is 20.4. The number of hydrogen-bond donors (Lipinski definition) is 2. The van der Waals surface area contributed by atoms with Crippen molar-refractivity contribution in [2.24, 2.45) is 0 Å². The number of hydrogen-bond acceptors (Lipinski definition) is 5. The van der Waals surface area contributed by atoms with Crippen molar-refractivity contribution in [2.45, 2.75) is 43.0 Å². The van der Waals surface area contributed by atoms with Crippen LogP contribution in [0.25, 0.3) is 0 Å². The molecule has 5 nitrogen and oxygen atoms in total. The number of nitrogens with zero attached hydrogens (tertiary/aromatic N) is 2. The van der Waals surface area contributed by atoms with Gasteiger partial charge in [-0.25, -0.2) is 0 Å². The van der Waals surface area contributed by atoms with Gasteiger partial charge in [0.1, 0.15) is 5.75 Å². The predicted octanol–water partition coefficient (Wildman–Crippen LogP) is 5.29. The number of amides is 1. The minimum atomic E-state index is 0.0886. The molecule has 1 saturated heterocycles. The molecule has 0 saturated carbocycles. The van der Waals surface area contributed by atoms with E-state index in [2.05, 4.69) is 70.6 Å². The average Bonchev–Trinajstić information content (AvgIpc) is 2.89. The second kappa shape index (κ2) is 12.7. The summed E-state index contributed by atoms with van der Waals surface area (Å²) in [6.07, 6.45) is 1.31. The molecule has 0 aliphatic carbocycles. The van der Waals surface area contributed by atoms with Crippen molar-refractivity contribution < 1.29 is 9.90 Å². The lowest BCUT2D eigenvalue weighted by Crippen LogP contribution is -2.46. The maximum atomic E-state index is 12.5. The standard InChI is InChI=1S/C29H35N3O2S/c1-23(35-27-14-12-26(33)13-15-27)11-16-29(34)30-21-25-9-5-6-10-28(25)32-19-17-31(18-20-32)22-24-7-3-2-4-8-24/h2-10,12-15,23,33H,11,16-22H2,1H3,(H,30,34). The fourth-order valence-corrected chi connectivity index (χ4v) is 5.38. The second-order valence-electron chi connectivity index (χ2n) is 9.12. The molecule has 0 bridgehead atoms. The number of rotatable bonds is 10. The van der Waals surface area contributed by atoms with Gasteiger partial charge < -0.3 is 15.3 Å². The van der Waals surface area contributed by atoms with Gasteiger partial charge in [0, 0.05) is 61.5 Å². The highest BCUT2D eigenvalue weighted by molar-refractivity contribution is 7.99. The smallest absolute Gasteiger partial charge is 0.220 e. The van der Waals surface area contributed by atoms with Crippen molar-refractivity contribution in [2.75, 3.05) is 31.1 Å². The first-order chi connectivity index (χ1) is 17.1. The average molecular weight is 490 g/mol. The largest absolute Gasteiger partial charge is 0.508 e. The van der Waals surface area contributed by atoms with Crippen LogP contribution >= 0.6 is 11.8 Å². The summed E-state index contributed by atoms with van der Waals surface area (Å²) < 4.78 is 0. The van der Waals surface area contributed by atoms with Crippen LogP contribution in [0.15, 0.2) is 83.8 Å². The number of phenols is 1. The first-order valence-corrected chi connectivity index (χ1v) is 13.3. The van der Waals surface area contributed by atoms with Gasteiger partial charge in [-0.05, 0) is 47.9 Å². The number of phenolic OH excluding ortho intramolecular Hbond substituents is 1. The number of anilines is 1. The monoisotopic (exact) mass is 489 g/mol. The van der Waals surface area contributed by atoms with E-state index in [9.17, 15) is 9.90 Å². The van der Waals surface area contributed by atoms with E-state index in [1.54, 1.807) is 23.9 Å². The van der Waals surface area contributed by atoms with Gasteiger partial charge in [-0.15, -0.1) is 11.8 Å². The normalized spacial score (nSPS) is 15.1. The lowest BCUT2D eigenvalue weighted by molar-refractivity contribution is -0.121. The summed E-state index contributed by atoms with van der Waals surface area (Å²) in [6, 6.07) is 26.3. The Bertz CT molecular complexity index is 1070. The lowest BCUT2D eigenvalue weighted by atomic mass is 10.1. The topological polar surface area (TPSA) is 55.8 Å². The van der Waals surface area contributed by atoms with Crippen LogP contribution in [0.1, 0.15) is 30.9 Å². The van der Waals surface area contributed by atoms with Crippen LogP contribution in [0.2, 0.25) is 0 Å². The summed E-state index contributed by atoms with van der Waals surface area (Å²) in [7, 11) is 0. The quantitative estimate of drug-likeness (QED) is 0.379. The molecule has 3 aromatic rings. The van der Waals surface area contributed by atoms with Gasteiger partial charge in [-0.1, -0.05) is 55.5 Å². The van der Waals surface area contributed by atoms with Crippen molar-refractivity contribution in [3.63, 3.8) is 0 Å². The minimum absolute atomic E-state index is 0.0886. The zero-order valence-corrected chi connectivity index (χ0v) is 21.2. The Morgan fingerprint density at radius 3 is 2.37 bits per heavy atom. The Morgan fingerprint density at radius 2 is 1.63 bits per heavy atom. The Kier molecular flexibility index (Phi) is 9.09. The molecule has 1 unspecified atom stereocenters. The molecule has 0 radical (unpaired) electrons. The molecule has 6 heteroatoms. The van der Waals surface area contributed by atoms with Gasteiger partial charge in [-0.2, -0.15) is 0 Å². The first kappa shape index (κ1) is 25.1. The van der Waals surface area contributed by atoms with Crippen molar-refractivity contribution in [1.82, 2.24) is 10.2 Å². The van der Waals surface area contributed by atoms with E-state index in [1.807, 2.05) is 18.2 Å². The van der Waals surface area contributed by atoms with E-state index in [4.69, 9.17) is 0 Å². The Morgan fingerprint density at radius 1 is 0.943 bits per heavy atom. The van der Waals surface area contributed by atoms with Crippen LogP contribution < -0.4 is 10.2 Å². The molecule has 35 heavy (non-hydrogen) atoms. The molecule has 4 rings (SSSR count). The Labute approximate surface area is 213 Å².